The van der Waals surface area contributed by atoms with E-state index in [2.05, 4.69) is 5.32 Å². The minimum absolute atomic E-state index is 0.0840. The third kappa shape index (κ3) is 5.98. The van der Waals surface area contributed by atoms with Gasteiger partial charge in [-0.25, -0.2) is 13.6 Å². The second kappa shape index (κ2) is 11.0. The van der Waals surface area contributed by atoms with E-state index in [0.29, 0.717) is 0 Å². The van der Waals surface area contributed by atoms with Crippen molar-refractivity contribution in [3.8, 4) is 0 Å². The number of ketones is 1. The molecule has 0 aliphatic rings. The average molecular weight is 449 g/mol. The van der Waals surface area contributed by atoms with Gasteiger partial charge in [0.05, 0.1) is 11.1 Å². The van der Waals surface area contributed by atoms with Gasteiger partial charge in [0, 0.05) is 17.3 Å². The highest BCUT2D eigenvalue weighted by molar-refractivity contribution is 6.59. The topological polar surface area (TPSA) is 164 Å². The van der Waals surface area contributed by atoms with Gasteiger partial charge in [0.25, 0.3) is 5.91 Å². The fraction of sp³-hybridized carbons (Fsp3) is 0.211. The third-order valence-electron chi connectivity index (χ3n) is 4.66. The molecule has 0 saturated heterocycles. The lowest BCUT2D eigenvalue weighted by Crippen LogP contribution is -2.42. The molecule has 9 nitrogen and oxygen atoms in total. The molecular weight excluding hydrogens is 430 g/mol. The van der Waals surface area contributed by atoms with E-state index in [1.54, 1.807) is 0 Å². The first-order chi connectivity index (χ1) is 15.0. The van der Waals surface area contributed by atoms with Crippen LogP contribution < -0.4 is 16.2 Å². The summed E-state index contributed by atoms with van der Waals surface area (Å²) in [7, 11) is -4.28. The minimum Gasteiger partial charge on any atom is -0.480 e. The summed E-state index contributed by atoms with van der Waals surface area (Å²) in [5.41, 5.74) is -2.04. The predicted octanol–water partition coefficient (Wildman–Crippen LogP) is -1.44. The normalized spacial score (nSPS) is 11.6. The van der Waals surface area contributed by atoms with Crippen LogP contribution in [0.15, 0.2) is 36.4 Å². The predicted molar refractivity (Wildman–Crippen MR) is 110 cm³/mol. The van der Waals surface area contributed by atoms with Crippen molar-refractivity contribution in [1.29, 1.82) is 0 Å². The van der Waals surface area contributed by atoms with Crippen LogP contribution >= 0.6 is 0 Å². The lowest BCUT2D eigenvalue weighted by molar-refractivity contribution is -0.139. The molecule has 1 atom stereocenters. The zero-order chi connectivity index (χ0) is 24.0. The van der Waals surface area contributed by atoms with Gasteiger partial charge in [-0.15, -0.1) is 0 Å². The molecule has 0 heterocycles. The Morgan fingerprint density at radius 3 is 1.88 bits per heavy atom. The molecule has 13 heteroatoms. The molecule has 6 N–H and O–H groups in total. The molecule has 0 spiro atoms. The molecule has 0 radical (unpaired) electrons. The van der Waals surface area contributed by atoms with Crippen LogP contribution in [0.3, 0.4) is 0 Å². The van der Waals surface area contributed by atoms with Crippen LogP contribution in [0.2, 0.25) is 0 Å². The molecule has 32 heavy (non-hydrogen) atoms. The molecule has 168 valence electrons. The first-order valence-electron chi connectivity index (χ1n) is 9.40. The highest BCUT2D eigenvalue weighted by Crippen LogP contribution is 2.13. The first kappa shape index (κ1) is 25.1. The molecule has 0 aromatic heterocycles. The Morgan fingerprint density at radius 1 is 0.875 bits per heavy atom. The Kier molecular flexibility index (Phi) is 8.61. The Bertz CT molecular complexity index is 1020. The van der Waals surface area contributed by atoms with E-state index in [1.165, 1.54) is 12.1 Å². The van der Waals surface area contributed by atoms with E-state index < -0.39 is 71.6 Å². The zero-order valence-corrected chi connectivity index (χ0v) is 16.5. The summed E-state index contributed by atoms with van der Waals surface area (Å²) in [5.74, 6) is -5.60. The minimum atomic E-state index is -2.17. The molecule has 0 saturated carbocycles. The van der Waals surface area contributed by atoms with E-state index in [-0.39, 0.29) is 19.3 Å². The SMILES string of the molecule is O=C(CCC[C@H](NC(=O)c1cccc(B(O)O)c1F)C(=O)O)c1cccc(B(O)O)c1F. The van der Waals surface area contributed by atoms with E-state index >= 15 is 0 Å². The smallest absolute Gasteiger partial charge is 0.480 e. The molecule has 2 rings (SSSR count). The summed E-state index contributed by atoms with van der Waals surface area (Å²) in [6, 6.07) is 5.26. The van der Waals surface area contributed by atoms with Crippen molar-refractivity contribution in [2.45, 2.75) is 25.3 Å². The maximum atomic E-state index is 14.3. The van der Waals surface area contributed by atoms with Gasteiger partial charge in [0.1, 0.15) is 17.7 Å². The second-order valence-electron chi connectivity index (χ2n) is 6.84. The van der Waals surface area contributed by atoms with Gasteiger partial charge in [-0.1, -0.05) is 24.3 Å². The molecule has 0 aliphatic heterocycles. The number of carboxylic acid groups (broad SMARTS) is 1. The van der Waals surface area contributed by atoms with Gasteiger partial charge in [-0.3, -0.25) is 9.59 Å². The molecule has 0 fully saturated rings. The van der Waals surface area contributed by atoms with Crippen LogP contribution in [0.5, 0.6) is 0 Å². The summed E-state index contributed by atoms with van der Waals surface area (Å²) >= 11 is 0. The lowest BCUT2D eigenvalue weighted by atomic mass is 9.78. The van der Waals surface area contributed by atoms with E-state index in [9.17, 15) is 28.3 Å². The summed E-state index contributed by atoms with van der Waals surface area (Å²) in [6.07, 6.45) is -0.637. The van der Waals surface area contributed by atoms with Gasteiger partial charge in [-0.2, -0.15) is 0 Å². The number of rotatable bonds is 10. The fourth-order valence-corrected chi connectivity index (χ4v) is 2.98. The number of amides is 1. The van der Waals surface area contributed by atoms with Crippen LogP contribution in [-0.2, 0) is 4.79 Å². The standard InChI is InChI=1S/C19H19B2F2NO8/c22-16-10(4-1-6-12(16)20(29)30)15(25)9-3-8-14(19(27)28)24-18(26)11-5-2-7-13(17(11)23)21(31)32/h1-2,4-7,14,29-32H,3,8-9H2,(H,24,26)(H,27,28)/t14-/m0/s1. The number of Topliss-reactive ketones (excluding diaryl/α,β-unsaturated/α-hetero) is 1. The lowest BCUT2D eigenvalue weighted by Gasteiger charge is -2.15. The second-order valence-corrected chi connectivity index (χ2v) is 6.84. The van der Waals surface area contributed by atoms with Crippen LogP contribution in [-0.4, -0.2) is 63.1 Å². The monoisotopic (exact) mass is 449 g/mol. The van der Waals surface area contributed by atoms with Crippen LogP contribution in [0.4, 0.5) is 8.78 Å². The molecule has 1 amide bonds. The van der Waals surface area contributed by atoms with Crippen molar-refractivity contribution in [2.24, 2.45) is 0 Å². The van der Waals surface area contributed by atoms with Crippen molar-refractivity contribution in [3.05, 3.63) is 59.2 Å². The maximum Gasteiger partial charge on any atom is 0.491 e. The first-order valence-corrected chi connectivity index (χ1v) is 9.40. The van der Waals surface area contributed by atoms with Crippen molar-refractivity contribution in [3.63, 3.8) is 0 Å². The third-order valence-corrected chi connectivity index (χ3v) is 4.66. The summed E-state index contributed by atoms with van der Waals surface area (Å²) < 4.78 is 28.5. The van der Waals surface area contributed by atoms with Gasteiger partial charge in [0.15, 0.2) is 5.78 Å². The highest BCUT2D eigenvalue weighted by Gasteiger charge is 2.26. The summed E-state index contributed by atoms with van der Waals surface area (Å²) in [4.78, 5) is 36.0. The Labute approximate surface area is 181 Å². The number of benzene rings is 2. The molecule has 0 unspecified atom stereocenters. The van der Waals surface area contributed by atoms with E-state index in [0.717, 1.165) is 24.3 Å². The summed E-state index contributed by atoms with van der Waals surface area (Å²) in [5, 5.41) is 47.9. The average Bonchev–Trinajstić information content (AvgIpc) is 2.72. The van der Waals surface area contributed by atoms with Crippen LogP contribution in [0, 0.1) is 11.6 Å². The quantitative estimate of drug-likeness (QED) is 0.190. The highest BCUT2D eigenvalue weighted by atomic mass is 19.1. The molecular formula is C19H19B2F2NO8. The van der Waals surface area contributed by atoms with Crippen molar-refractivity contribution in [2.75, 3.05) is 0 Å². The Balaban J connectivity index is 2.04. The van der Waals surface area contributed by atoms with Gasteiger partial charge in [0.2, 0.25) is 0 Å². The Morgan fingerprint density at radius 2 is 1.38 bits per heavy atom. The van der Waals surface area contributed by atoms with E-state index in [4.69, 9.17) is 20.1 Å². The van der Waals surface area contributed by atoms with Gasteiger partial charge >= 0.3 is 20.2 Å². The summed E-state index contributed by atoms with van der Waals surface area (Å²) in [6.45, 7) is 0. The number of hydrogen-bond donors (Lipinski definition) is 6. The zero-order valence-electron chi connectivity index (χ0n) is 16.5. The largest absolute Gasteiger partial charge is 0.491 e. The molecule has 0 aliphatic carbocycles. The van der Waals surface area contributed by atoms with Crippen LogP contribution in [0.25, 0.3) is 0 Å². The number of carbonyl (C=O) groups is 3. The maximum absolute atomic E-state index is 14.3. The number of halogens is 2. The van der Waals surface area contributed by atoms with Crippen molar-refractivity contribution in [1.82, 2.24) is 5.32 Å². The molecule has 2 aromatic carbocycles. The number of carbonyl (C=O) groups excluding carboxylic acids is 2. The van der Waals surface area contributed by atoms with Crippen molar-refractivity contribution >= 4 is 42.8 Å². The van der Waals surface area contributed by atoms with Gasteiger partial charge in [-0.05, 0) is 25.0 Å². The van der Waals surface area contributed by atoms with Crippen molar-refractivity contribution < 1.29 is 48.4 Å². The fourth-order valence-electron chi connectivity index (χ4n) is 2.98. The number of hydrogen-bond acceptors (Lipinski definition) is 7. The number of nitrogens with one attached hydrogen (secondary N) is 1. The molecule has 0 bridgehead atoms. The van der Waals surface area contributed by atoms with Gasteiger partial charge < -0.3 is 30.5 Å². The number of carboxylic acids is 1. The van der Waals surface area contributed by atoms with E-state index in [1.807, 2.05) is 0 Å². The molecule has 2 aromatic rings. The van der Waals surface area contributed by atoms with Crippen LogP contribution in [0.1, 0.15) is 40.0 Å². The Hall–Kier alpha value is -3.12. The number of aliphatic carboxylic acids is 1.